The van der Waals surface area contributed by atoms with Crippen LogP contribution < -0.4 is 9.46 Å². The number of fused-ring (bicyclic) bond motifs is 1. The molecule has 6 nitrogen and oxygen atoms in total. The fourth-order valence-corrected chi connectivity index (χ4v) is 4.36. The van der Waals surface area contributed by atoms with Crippen LogP contribution in [0.1, 0.15) is 0 Å². The molecule has 0 fully saturated rings. The summed E-state index contributed by atoms with van der Waals surface area (Å²) in [4.78, 5) is 8.27. The molecule has 32 heavy (non-hydrogen) atoms. The zero-order valence-corrected chi connectivity index (χ0v) is 18.4. The van der Waals surface area contributed by atoms with Crippen LogP contribution >= 0.6 is 35.1 Å². The van der Waals surface area contributed by atoms with E-state index >= 15 is 0 Å². The Hall–Kier alpha value is -3.21. The molecular formula is C21H12ClF2N5OS2. The van der Waals surface area contributed by atoms with E-state index < -0.39 is 11.6 Å². The zero-order chi connectivity index (χ0) is 22.1. The molecule has 0 aliphatic heterocycles. The molecule has 0 saturated carbocycles. The lowest BCUT2D eigenvalue weighted by atomic mass is 10.1. The van der Waals surface area contributed by atoms with Gasteiger partial charge >= 0.3 is 0 Å². The van der Waals surface area contributed by atoms with Crippen LogP contribution in [0.15, 0.2) is 72.1 Å². The first-order valence-corrected chi connectivity index (χ1v) is 11.1. The second-order valence-electron chi connectivity index (χ2n) is 6.47. The Kier molecular flexibility index (Phi) is 5.64. The minimum absolute atomic E-state index is 0.0598. The predicted molar refractivity (Wildman–Crippen MR) is 121 cm³/mol. The molecule has 0 aliphatic rings. The third-order valence-electron chi connectivity index (χ3n) is 4.46. The number of imidazole rings is 1. The monoisotopic (exact) mass is 487 g/mol. The number of halogens is 3. The number of nitrogens with one attached hydrogen (secondary N) is 1. The third kappa shape index (κ3) is 4.12. The lowest BCUT2D eigenvalue weighted by molar-refractivity contribution is 0.434. The fraction of sp³-hybridized carbons (Fsp3) is 0. The van der Waals surface area contributed by atoms with Crippen LogP contribution in [0, 0.1) is 11.6 Å². The molecule has 0 bridgehead atoms. The Morgan fingerprint density at radius 1 is 1.03 bits per heavy atom. The van der Waals surface area contributed by atoms with Crippen molar-refractivity contribution >= 4 is 45.9 Å². The van der Waals surface area contributed by atoms with Crippen molar-refractivity contribution in [3.05, 3.63) is 83.9 Å². The Morgan fingerprint density at radius 2 is 1.94 bits per heavy atom. The second-order valence-corrected chi connectivity index (χ2v) is 8.54. The predicted octanol–water partition coefficient (Wildman–Crippen LogP) is 6.70. The lowest BCUT2D eigenvalue weighted by Gasteiger charge is -2.14. The standard InChI is InChI=1S/C21H12ClF2N5OS2/c22-12-4-5-17(13(8-12)16-2-1-3-20-25-6-7-29(16)20)30-18-9-15(24)19(10-14(18)23)31-28-21-26-11-27-32-21/h1-11H,(H,26,27,28). The van der Waals surface area contributed by atoms with Gasteiger partial charge in [0, 0.05) is 40.6 Å². The average molecular weight is 488 g/mol. The second kappa shape index (κ2) is 8.73. The molecule has 0 saturated heterocycles. The number of ether oxygens (including phenoxy) is 1. The van der Waals surface area contributed by atoms with Crippen molar-refractivity contribution in [2.45, 2.75) is 4.90 Å². The van der Waals surface area contributed by atoms with Gasteiger partial charge in [0.25, 0.3) is 0 Å². The average Bonchev–Trinajstić information content (AvgIpc) is 3.48. The van der Waals surface area contributed by atoms with Gasteiger partial charge in [-0.25, -0.2) is 18.7 Å². The number of aromatic nitrogens is 4. The van der Waals surface area contributed by atoms with Crippen molar-refractivity contribution in [1.82, 2.24) is 18.7 Å². The third-order valence-corrected chi connectivity index (χ3v) is 6.23. The van der Waals surface area contributed by atoms with E-state index in [0.717, 1.165) is 47.0 Å². The topological polar surface area (TPSA) is 64.3 Å². The van der Waals surface area contributed by atoms with Gasteiger partial charge in [0.1, 0.15) is 23.5 Å². The van der Waals surface area contributed by atoms with Crippen LogP contribution in [0.4, 0.5) is 13.9 Å². The van der Waals surface area contributed by atoms with Gasteiger partial charge in [0.15, 0.2) is 11.6 Å². The van der Waals surface area contributed by atoms with Gasteiger partial charge < -0.3 is 9.46 Å². The van der Waals surface area contributed by atoms with Crippen molar-refractivity contribution < 1.29 is 13.5 Å². The largest absolute Gasteiger partial charge is 0.453 e. The molecule has 0 radical (unpaired) electrons. The SMILES string of the molecule is Fc1cc(SNc2ncns2)c(F)cc1Oc1ccc(Cl)cc1-c1cccc2nccn12. The fourth-order valence-electron chi connectivity index (χ4n) is 3.06. The number of rotatable bonds is 6. The van der Waals surface area contributed by atoms with Crippen molar-refractivity contribution in [1.29, 1.82) is 0 Å². The minimum Gasteiger partial charge on any atom is -0.453 e. The van der Waals surface area contributed by atoms with Crippen LogP contribution in [0.25, 0.3) is 16.9 Å². The van der Waals surface area contributed by atoms with Gasteiger partial charge in [0.2, 0.25) is 5.13 Å². The van der Waals surface area contributed by atoms with E-state index in [4.69, 9.17) is 16.3 Å². The Labute approximate surface area is 194 Å². The first-order valence-electron chi connectivity index (χ1n) is 9.17. The first-order chi connectivity index (χ1) is 15.6. The molecule has 3 heterocycles. The molecule has 0 unspecified atom stereocenters. The van der Waals surface area contributed by atoms with Gasteiger partial charge in [-0.05, 0) is 48.3 Å². The van der Waals surface area contributed by atoms with Crippen molar-refractivity contribution in [3.8, 4) is 22.8 Å². The molecule has 3 aromatic heterocycles. The van der Waals surface area contributed by atoms with E-state index in [2.05, 4.69) is 19.1 Å². The highest BCUT2D eigenvalue weighted by Crippen LogP contribution is 2.38. The van der Waals surface area contributed by atoms with Crippen LogP contribution in [-0.4, -0.2) is 18.7 Å². The van der Waals surface area contributed by atoms with Crippen LogP contribution in [0.2, 0.25) is 5.02 Å². The highest BCUT2D eigenvalue weighted by molar-refractivity contribution is 8.00. The number of hydrogen-bond acceptors (Lipinski definition) is 7. The lowest BCUT2D eigenvalue weighted by Crippen LogP contribution is -1.97. The van der Waals surface area contributed by atoms with Crippen molar-refractivity contribution in [2.75, 3.05) is 4.72 Å². The van der Waals surface area contributed by atoms with E-state index in [0.29, 0.717) is 21.5 Å². The maximum absolute atomic E-state index is 14.8. The minimum atomic E-state index is -0.713. The molecule has 11 heteroatoms. The summed E-state index contributed by atoms with van der Waals surface area (Å²) in [5, 5.41) is 0.959. The summed E-state index contributed by atoms with van der Waals surface area (Å²) >= 11 is 8.22. The summed E-state index contributed by atoms with van der Waals surface area (Å²) in [6, 6.07) is 12.6. The van der Waals surface area contributed by atoms with Crippen LogP contribution in [-0.2, 0) is 0 Å². The van der Waals surface area contributed by atoms with E-state index in [1.54, 1.807) is 30.6 Å². The number of pyridine rings is 1. The summed E-state index contributed by atoms with van der Waals surface area (Å²) < 4.78 is 43.8. The van der Waals surface area contributed by atoms with Crippen molar-refractivity contribution in [2.24, 2.45) is 0 Å². The highest BCUT2D eigenvalue weighted by Gasteiger charge is 2.17. The van der Waals surface area contributed by atoms with Gasteiger partial charge in [-0.2, -0.15) is 4.37 Å². The van der Waals surface area contributed by atoms with E-state index in [9.17, 15) is 8.78 Å². The summed E-state index contributed by atoms with van der Waals surface area (Å²) in [6.45, 7) is 0. The summed E-state index contributed by atoms with van der Waals surface area (Å²) in [5.41, 5.74) is 2.08. The van der Waals surface area contributed by atoms with E-state index in [-0.39, 0.29) is 10.6 Å². The number of anilines is 1. The molecule has 1 N–H and O–H groups in total. The summed E-state index contributed by atoms with van der Waals surface area (Å²) in [5.74, 6) is -1.28. The number of hydrogen-bond donors (Lipinski definition) is 1. The molecule has 5 aromatic rings. The molecule has 160 valence electrons. The quantitative estimate of drug-likeness (QED) is 0.269. The van der Waals surface area contributed by atoms with E-state index in [1.165, 1.54) is 6.33 Å². The maximum Gasteiger partial charge on any atom is 0.212 e. The Bertz CT molecular complexity index is 1410. The molecule has 0 spiro atoms. The first kappa shape index (κ1) is 20.7. The van der Waals surface area contributed by atoms with Gasteiger partial charge in [0.05, 0.1) is 10.6 Å². The number of benzene rings is 2. The summed E-state index contributed by atoms with van der Waals surface area (Å²) in [7, 11) is 0. The zero-order valence-electron chi connectivity index (χ0n) is 16.0. The maximum atomic E-state index is 14.8. The molecule has 0 amide bonds. The highest BCUT2D eigenvalue weighted by atomic mass is 35.5. The van der Waals surface area contributed by atoms with Gasteiger partial charge in [-0.3, -0.25) is 4.40 Å². The van der Waals surface area contributed by atoms with Gasteiger partial charge in [-0.1, -0.05) is 17.7 Å². The molecule has 0 atom stereocenters. The van der Waals surface area contributed by atoms with Crippen LogP contribution in [0.5, 0.6) is 11.5 Å². The molecular weight excluding hydrogens is 476 g/mol. The van der Waals surface area contributed by atoms with Crippen LogP contribution in [0.3, 0.4) is 0 Å². The van der Waals surface area contributed by atoms with Gasteiger partial charge in [-0.15, -0.1) is 0 Å². The normalized spacial score (nSPS) is 11.1. The molecule has 5 rings (SSSR count). The number of nitrogens with zero attached hydrogens (tertiary/aromatic N) is 4. The Balaban J connectivity index is 1.48. The molecule has 0 aliphatic carbocycles. The van der Waals surface area contributed by atoms with Crippen molar-refractivity contribution in [3.63, 3.8) is 0 Å². The molecule has 2 aromatic carbocycles. The summed E-state index contributed by atoms with van der Waals surface area (Å²) in [6.07, 6.45) is 4.84. The smallest absolute Gasteiger partial charge is 0.212 e. The van der Waals surface area contributed by atoms with E-state index in [1.807, 2.05) is 22.6 Å². The Morgan fingerprint density at radius 3 is 2.78 bits per heavy atom.